The van der Waals surface area contributed by atoms with Crippen LogP contribution in [0.5, 0.6) is 5.75 Å². The molecule has 0 spiro atoms. The van der Waals surface area contributed by atoms with E-state index in [1.807, 2.05) is 12.1 Å². The van der Waals surface area contributed by atoms with Crippen molar-refractivity contribution >= 4 is 29.1 Å². The first kappa shape index (κ1) is 12.5. The molecule has 0 radical (unpaired) electrons. The third-order valence-corrected chi connectivity index (χ3v) is 3.12. The molecule has 0 saturated heterocycles. The van der Waals surface area contributed by atoms with Crippen molar-refractivity contribution in [2.24, 2.45) is 0 Å². The number of benzene rings is 1. The van der Waals surface area contributed by atoms with Gasteiger partial charge < -0.3 is 10.1 Å². The van der Waals surface area contributed by atoms with E-state index in [-0.39, 0.29) is 11.9 Å². The molecule has 0 fully saturated rings. The highest BCUT2D eigenvalue weighted by Gasteiger charge is 2.24. The lowest BCUT2D eigenvalue weighted by Gasteiger charge is -2.27. The topological polar surface area (TPSA) is 38.3 Å². The maximum atomic E-state index is 11.6. The second-order valence-corrected chi connectivity index (χ2v) is 5.09. The lowest BCUT2D eigenvalue weighted by molar-refractivity contribution is -0.121. The Labute approximate surface area is 110 Å². The zero-order valence-corrected chi connectivity index (χ0v) is 10.9. The molecule has 0 bridgehead atoms. The minimum Gasteiger partial charge on any atom is -0.493 e. The lowest BCUT2D eigenvalue weighted by atomic mass is 10.0. The number of ether oxygens (including phenoxy) is 1. The summed E-state index contributed by atoms with van der Waals surface area (Å²) in [5.74, 6) is 0.595. The van der Waals surface area contributed by atoms with Crippen LogP contribution >= 0.6 is 23.2 Å². The molecule has 0 aromatic heterocycles. The van der Waals surface area contributed by atoms with Crippen LogP contribution in [0.3, 0.4) is 0 Å². The monoisotopic (exact) mass is 273 g/mol. The van der Waals surface area contributed by atoms with Crippen molar-refractivity contribution in [1.29, 1.82) is 0 Å². The molecule has 5 heteroatoms. The van der Waals surface area contributed by atoms with Gasteiger partial charge in [0.25, 0.3) is 0 Å². The summed E-state index contributed by atoms with van der Waals surface area (Å²) in [6.45, 7) is 2.23. The van der Waals surface area contributed by atoms with Crippen LogP contribution < -0.4 is 10.1 Å². The number of nitrogens with one attached hydrogen (secondary N) is 1. The zero-order chi connectivity index (χ0) is 12.4. The Balaban J connectivity index is 2.22. The average molecular weight is 274 g/mol. The molecule has 1 aliphatic heterocycles. The van der Waals surface area contributed by atoms with Gasteiger partial charge in [-0.05, 0) is 25.1 Å². The Morgan fingerprint density at radius 3 is 3.06 bits per heavy atom. The van der Waals surface area contributed by atoms with E-state index in [1.165, 1.54) is 0 Å². The van der Waals surface area contributed by atoms with Crippen molar-refractivity contribution in [3.8, 4) is 5.75 Å². The van der Waals surface area contributed by atoms with Crippen molar-refractivity contribution in [3.63, 3.8) is 0 Å². The Morgan fingerprint density at radius 2 is 2.35 bits per heavy atom. The number of hydrogen-bond acceptors (Lipinski definition) is 2. The first-order chi connectivity index (χ1) is 8.08. The predicted molar refractivity (Wildman–Crippen MR) is 67.8 cm³/mol. The molecule has 1 aromatic carbocycles. The molecule has 2 atom stereocenters. The summed E-state index contributed by atoms with van der Waals surface area (Å²) >= 11 is 11.7. The molecule has 1 heterocycles. The zero-order valence-electron chi connectivity index (χ0n) is 9.37. The molecule has 1 N–H and O–H groups in total. The fourth-order valence-electron chi connectivity index (χ4n) is 1.80. The second-order valence-electron chi connectivity index (χ2n) is 4.00. The SMILES string of the molecule is CC(Cl)C(=O)NC1CCOc2ccc(Cl)cc21. The molecule has 0 aliphatic carbocycles. The van der Waals surface area contributed by atoms with Gasteiger partial charge in [-0.25, -0.2) is 0 Å². The van der Waals surface area contributed by atoms with Crippen molar-refractivity contribution in [3.05, 3.63) is 28.8 Å². The van der Waals surface area contributed by atoms with Crippen LogP contribution in [0, 0.1) is 0 Å². The number of halogens is 2. The molecule has 17 heavy (non-hydrogen) atoms. The van der Waals surface area contributed by atoms with Gasteiger partial charge in [0.1, 0.15) is 11.1 Å². The number of amides is 1. The van der Waals surface area contributed by atoms with Crippen LogP contribution in [0.4, 0.5) is 0 Å². The highest BCUT2D eigenvalue weighted by atomic mass is 35.5. The minimum absolute atomic E-state index is 0.0776. The molecule has 1 amide bonds. The standard InChI is InChI=1S/C12H13Cl2NO2/c1-7(13)12(16)15-10-4-5-17-11-3-2-8(14)6-9(10)11/h2-3,6-7,10H,4-5H2,1H3,(H,15,16). The maximum absolute atomic E-state index is 11.6. The Morgan fingerprint density at radius 1 is 1.59 bits per heavy atom. The van der Waals surface area contributed by atoms with Gasteiger partial charge in [0, 0.05) is 17.0 Å². The number of hydrogen-bond donors (Lipinski definition) is 1. The summed E-state index contributed by atoms with van der Waals surface area (Å²) in [5.41, 5.74) is 0.911. The van der Waals surface area contributed by atoms with E-state index in [4.69, 9.17) is 27.9 Å². The van der Waals surface area contributed by atoms with E-state index in [1.54, 1.807) is 13.0 Å². The van der Waals surface area contributed by atoms with Gasteiger partial charge in [-0.2, -0.15) is 0 Å². The highest BCUT2D eigenvalue weighted by Crippen LogP contribution is 2.34. The summed E-state index contributed by atoms with van der Waals surface area (Å²) in [4.78, 5) is 11.6. The van der Waals surface area contributed by atoms with E-state index < -0.39 is 5.38 Å². The van der Waals surface area contributed by atoms with E-state index in [0.717, 1.165) is 17.7 Å². The van der Waals surface area contributed by atoms with Gasteiger partial charge >= 0.3 is 0 Å². The van der Waals surface area contributed by atoms with Crippen molar-refractivity contribution in [1.82, 2.24) is 5.32 Å². The van der Waals surface area contributed by atoms with Gasteiger partial charge in [0.15, 0.2) is 0 Å². The van der Waals surface area contributed by atoms with Gasteiger partial charge in [-0.15, -0.1) is 11.6 Å². The fourth-order valence-corrected chi connectivity index (χ4v) is 2.05. The molecule has 1 aliphatic rings. The number of alkyl halides is 1. The summed E-state index contributed by atoms with van der Waals surface area (Å²) in [6.07, 6.45) is 0.725. The van der Waals surface area contributed by atoms with Crippen molar-refractivity contribution in [2.75, 3.05) is 6.61 Å². The third-order valence-electron chi connectivity index (χ3n) is 2.69. The number of rotatable bonds is 2. The van der Waals surface area contributed by atoms with Crippen LogP contribution in [0.15, 0.2) is 18.2 Å². The van der Waals surface area contributed by atoms with E-state index in [2.05, 4.69) is 5.32 Å². The van der Waals surface area contributed by atoms with E-state index >= 15 is 0 Å². The minimum atomic E-state index is -0.541. The lowest BCUT2D eigenvalue weighted by Crippen LogP contribution is -2.35. The molecular formula is C12H13Cl2NO2. The Kier molecular flexibility index (Phi) is 3.79. The maximum Gasteiger partial charge on any atom is 0.238 e. The van der Waals surface area contributed by atoms with Crippen LogP contribution in [-0.4, -0.2) is 17.9 Å². The van der Waals surface area contributed by atoms with Crippen LogP contribution in [-0.2, 0) is 4.79 Å². The van der Waals surface area contributed by atoms with E-state index in [9.17, 15) is 4.79 Å². The molecule has 2 unspecified atom stereocenters. The van der Waals surface area contributed by atoms with Crippen LogP contribution in [0.1, 0.15) is 24.9 Å². The first-order valence-corrected chi connectivity index (χ1v) is 6.26. The number of carbonyl (C=O) groups is 1. The molecule has 2 rings (SSSR count). The normalized spacial score (nSPS) is 20.1. The summed E-state index contributed by atoms with van der Waals surface area (Å²) in [5, 5.41) is 2.98. The Bertz CT molecular complexity index is 435. The fraction of sp³-hybridized carbons (Fsp3) is 0.417. The smallest absolute Gasteiger partial charge is 0.238 e. The predicted octanol–water partition coefficient (Wildman–Crippen LogP) is 2.91. The average Bonchev–Trinajstić information content (AvgIpc) is 2.29. The van der Waals surface area contributed by atoms with E-state index in [0.29, 0.717) is 11.6 Å². The number of carbonyl (C=O) groups excluding carboxylic acids is 1. The quantitative estimate of drug-likeness (QED) is 0.842. The summed E-state index contributed by atoms with van der Waals surface area (Å²) < 4.78 is 5.51. The molecule has 92 valence electrons. The second kappa shape index (κ2) is 5.15. The molecular weight excluding hydrogens is 261 g/mol. The Hall–Kier alpha value is -0.930. The highest BCUT2D eigenvalue weighted by molar-refractivity contribution is 6.31. The summed E-state index contributed by atoms with van der Waals surface area (Å²) in [7, 11) is 0. The first-order valence-electron chi connectivity index (χ1n) is 5.44. The largest absolute Gasteiger partial charge is 0.493 e. The van der Waals surface area contributed by atoms with Crippen LogP contribution in [0.25, 0.3) is 0 Å². The molecule has 1 aromatic rings. The van der Waals surface area contributed by atoms with Gasteiger partial charge in [-0.1, -0.05) is 11.6 Å². The van der Waals surface area contributed by atoms with Gasteiger partial charge in [-0.3, -0.25) is 4.79 Å². The van der Waals surface area contributed by atoms with Crippen LogP contribution in [0.2, 0.25) is 5.02 Å². The number of fused-ring (bicyclic) bond motifs is 1. The van der Waals surface area contributed by atoms with Crippen molar-refractivity contribution in [2.45, 2.75) is 24.8 Å². The van der Waals surface area contributed by atoms with Crippen molar-refractivity contribution < 1.29 is 9.53 Å². The van der Waals surface area contributed by atoms with Gasteiger partial charge in [0.05, 0.1) is 12.6 Å². The summed E-state index contributed by atoms with van der Waals surface area (Å²) in [6, 6.07) is 5.33. The van der Waals surface area contributed by atoms with Gasteiger partial charge in [0.2, 0.25) is 5.91 Å². The molecule has 0 saturated carbocycles. The third kappa shape index (κ3) is 2.85. The molecule has 3 nitrogen and oxygen atoms in total.